The average molecular weight is 440 g/mol. The number of hydrogen-bond donors (Lipinski definition) is 0. The first-order chi connectivity index (χ1) is 14.7. The molecule has 3 saturated heterocycles. The number of hydrogen-bond acceptors (Lipinski definition) is 5. The molecule has 0 radical (unpaired) electrons. The Morgan fingerprint density at radius 1 is 1.00 bits per heavy atom. The van der Waals surface area contributed by atoms with Gasteiger partial charge in [0, 0.05) is 18.1 Å². The highest BCUT2D eigenvalue weighted by Gasteiger charge is 2.65. The van der Waals surface area contributed by atoms with Crippen LogP contribution in [-0.4, -0.2) is 47.6 Å². The number of halogens is 1. The number of fused-ring (bicyclic) bond motifs is 2. The summed E-state index contributed by atoms with van der Waals surface area (Å²) < 4.78 is 5.31. The van der Waals surface area contributed by atoms with E-state index in [2.05, 4.69) is 36.0 Å². The van der Waals surface area contributed by atoms with E-state index in [1.165, 1.54) is 4.90 Å². The molecule has 5 rings (SSSR count). The topological polar surface area (TPSA) is 53.1 Å². The number of amides is 2. The molecule has 162 valence electrons. The number of carbonyl (C=O) groups excluding carboxylic acids is 2. The van der Waals surface area contributed by atoms with Crippen LogP contribution in [0.4, 0.5) is 5.69 Å². The molecule has 2 atom stereocenters. The van der Waals surface area contributed by atoms with Crippen molar-refractivity contribution in [2.24, 2.45) is 5.41 Å². The van der Waals surface area contributed by atoms with Crippen molar-refractivity contribution in [3.05, 3.63) is 59.1 Å². The minimum Gasteiger partial charge on any atom is -0.497 e. The maximum absolute atomic E-state index is 13.8. The van der Waals surface area contributed by atoms with Crippen LogP contribution in [0.25, 0.3) is 0 Å². The van der Waals surface area contributed by atoms with Crippen LogP contribution in [0.3, 0.4) is 0 Å². The maximum atomic E-state index is 13.8. The summed E-state index contributed by atoms with van der Waals surface area (Å²) in [6, 6.07) is 15.0. The van der Waals surface area contributed by atoms with Crippen LogP contribution in [0.5, 0.6) is 5.75 Å². The van der Waals surface area contributed by atoms with E-state index in [1.54, 1.807) is 31.4 Å². The molecule has 0 bridgehead atoms. The number of carbonyl (C=O) groups is 2. The second-order valence-corrected chi connectivity index (χ2v) is 9.97. The number of methoxy groups -OCH3 is 1. The number of benzene rings is 2. The van der Waals surface area contributed by atoms with Crippen LogP contribution in [0.1, 0.15) is 38.3 Å². The molecule has 6 nitrogen and oxygen atoms in total. The second kappa shape index (κ2) is 7.05. The molecule has 2 amide bonds. The zero-order valence-electron chi connectivity index (χ0n) is 18.0. The van der Waals surface area contributed by atoms with Gasteiger partial charge in [-0.25, -0.2) is 14.9 Å². The summed E-state index contributed by atoms with van der Waals surface area (Å²) in [7, 11) is 1.65. The van der Waals surface area contributed by atoms with Gasteiger partial charge in [-0.2, -0.15) is 0 Å². The van der Waals surface area contributed by atoms with Crippen LogP contribution in [0.15, 0.2) is 48.5 Å². The van der Waals surface area contributed by atoms with Crippen molar-refractivity contribution in [3.63, 3.8) is 0 Å². The number of nitrogens with zero attached hydrogens (tertiary/aromatic N) is 3. The normalized spacial score (nSPS) is 28.0. The molecule has 0 aromatic heterocycles. The Kier molecular flexibility index (Phi) is 4.66. The van der Waals surface area contributed by atoms with Crippen molar-refractivity contribution >= 4 is 29.1 Å². The fraction of sp³-hybridized carbons (Fsp3) is 0.417. The van der Waals surface area contributed by atoms with Gasteiger partial charge in [0.1, 0.15) is 11.3 Å². The van der Waals surface area contributed by atoms with Crippen molar-refractivity contribution in [1.29, 1.82) is 0 Å². The Morgan fingerprint density at radius 2 is 1.68 bits per heavy atom. The predicted octanol–water partition coefficient (Wildman–Crippen LogP) is 4.05. The van der Waals surface area contributed by atoms with E-state index in [9.17, 15) is 9.59 Å². The summed E-state index contributed by atoms with van der Waals surface area (Å²) in [6.07, 6.45) is 0.776. The van der Waals surface area contributed by atoms with Gasteiger partial charge in [0.15, 0.2) is 0 Å². The molecule has 3 aliphatic rings. The van der Waals surface area contributed by atoms with Gasteiger partial charge in [0.25, 0.3) is 5.91 Å². The molecule has 3 fully saturated rings. The van der Waals surface area contributed by atoms with E-state index in [1.807, 2.05) is 12.1 Å². The van der Waals surface area contributed by atoms with Gasteiger partial charge in [0.05, 0.1) is 25.3 Å². The van der Waals surface area contributed by atoms with Gasteiger partial charge < -0.3 is 4.74 Å². The van der Waals surface area contributed by atoms with E-state index >= 15 is 0 Å². The highest BCUT2D eigenvalue weighted by Crippen LogP contribution is 2.53. The first-order valence-corrected chi connectivity index (χ1v) is 10.9. The molecule has 3 heterocycles. The van der Waals surface area contributed by atoms with E-state index in [4.69, 9.17) is 16.3 Å². The van der Waals surface area contributed by atoms with E-state index < -0.39 is 5.54 Å². The number of ether oxygens (including phenoxy) is 1. The Bertz CT molecular complexity index is 1040. The molecule has 0 aliphatic carbocycles. The Labute approximate surface area is 187 Å². The van der Waals surface area contributed by atoms with Crippen LogP contribution in [0.2, 0.25) is 5.02 Å². The fourth-order valence-electron chi connectivity index (χ4n) is 5.33. The van der Waals surface area contributed by atoms with Crippen LogP contribution in [-0.2, 0) is 9.59 Å². The van der Waals surface area contributed by atoms with Crippen LogP contribution >= 0.6 is 11.6 Å². The predicted molar refractivity (Wildman–Crippen MR) is 119 cm³/mol. The lowest BCUT2D eigenvalue weighted by atomic mass is 9.85. The summed E-state index contributed by atoms with van der Waals surface area (Å²) in [5.74, 6) is 0.502. The third-order valence-corrected chi connectivity index (χ3v) is 6.99. The summed E-state index contributed by atoms with van der Waals surface area (Å²) in [6.45, 7) is 6.01. The van der Waals surface area contributed by atoms with E-state index in [0.717, 1.165) is 24.4 Å². The molecule has 31 heavy (non-hydrogen) atoms. The molecule has 1 spiro atoms. The summed E-state index contributed by atoms with van der Waals surface area (Å²) >= 11 is 6.01. The SMILES string of the molecule is COc1ccc([C@@H]2C[C@]3(CC(=O)N(c4ccc(Cl)cc4)C3=O)N3CC(C)(C)CN23)cc1. The number of rotatable bonds is 3. The standard InChI is InChI=1S/C24H26ClN3O3/c1-23(2)14-26-20(16-4-10-19(31-3)11-5-16)12-24(27(26)15-23)13-21(29)28(22(24)30)18-8-6-17(25)7-9-18/h4-11,20H,12-15H2,1-3H3/t20-,24+/m0/s1. The summed E-state index contributed by atoms with van der Waals surface area (Å²) in [5, 5.41) is 5.06. The molecular formula is C24H26ClN3O3. The molecule has 0 unspecified atom stereocenters. The van der Waals surface area contributed by atoms with Crippen molar-refractivity contribution in [2.45, 2.75) is 38.3 Å². The number of hydrazine groups is 1. The molecule has 0 N–H and O–H groups in total. The number of imide groups is 1. The van der Waals surface area contributed by atoms with Crippen molar-refractivity contribution in [3.8, 4) is 5.75 Å². The zero-order valence-corrected chi connectivity index (χ0v) is 18.7. The molecule has 2 aromatic rings. The third-order valence-electron chi connectivity index (χ3n) is 6.74. The first kappa shape index (κ1) is 20.5. The molecule has 0 saturated carbocycles. The second-order valence-electron chi connectivity index (χ2n) is 9.53. The van der Waals surface area contributed by atoms with Gasteiger partial charge >= 0.3 is 0 Å². The smallest absolute Gasteiger partial charge is 0.256 e. The third kappa shape index (κ3) is 3.16. The van der Waals surface area contributed by atoms with E-state index in [0.29, 0.717) is 17.1 Å². The monoisotopic (exact) mass is 439 g/mol. The summed E-state index contributed by atoms with van der Waals surface area (Å²) in [4.78, 5) is 28.3. The largest absolute Gasteiger partial charge is 0.497 e. The lowest BCUT2D eigenvalue weighted by Crippen LogP contribution is -2.52. The quantitative estimate of drug-likeness (QED) is 0.675. The molecular weight excluding hydrogens is 414 g/mol. The van der Waals surface area contributed by atoms with Gasteiger partial charge in [-0.3, -0.25) is 9.59 Å². The molecule has 7 heteroatoms. The fourth-order valence-corrected chi connectivity index (χ4v) is 5.46. The van der Waals surface area contributed by atoms with E-state index in [-0.39, 0.29) is 29.7 Å². The Balaban J connectivity index is 1.54. The zero-order chi connectivity index (χ0) is 22.0. The molecule has 2 aromatic carbocycles. The van der Waals surface area contributed by atoms with Crippen molar-refractivity contribution in [1.82, 2.24) is 10.0 Å². The number of anilines is 1. The lowest BCUT2D eigenvalue weighted by molar-refractivity contribution is -0.131. The van der Waals surface area contributed by atoms with Gasteiger partial charge in [-0.1, -0.05) is 37.6 Å². The van der Waals surface area contributed by atoms with Gasteiger partial charge in [-0.15, -0.1) is 0 Å². The summed E-state index contributed by atoms with van der Waals surface area (Å²) in [5.41, 5.74) is 0.879. The lowest BCUT2D eigenvalue weighted by Gasteiger charge is -2.33. The van der Waals surface area contributed by atoms with Gasteiger partial charge in [-0.05, 0) is 53.8 Å². The van der Waals surface area contributed by atoms with Crippen molar-refractivity contribution in [2.75, 3.05) is 25.1 Å². The van der Waals surface area contributed by atoms with Crippen LogP contribution < -0.4 is 9.64 Å². The first-order valence-electron chi connectivity index (χ1n) is 10.6. The minimum absolute atomic E-state index is 0.0230. The Morgan fingerprint density at radius 3 is 2.32 bits per heavy atom. The minimum atomic E-state index is -0.852. The highest BCUT2D eigenvalue weighted by molar-refractivity contribution is 6.31. The van der Waals surface area contributed by atoms with Crippen LogP contribution in [0, 0.1) is 5.41 Å². The van der Waals surface area contributed by atoms with Gasteiger partial charge in [0.2, 0.25) is 5.91 Å². The molecule has 3 aliphatic heterocycles. The highest BCUT2D eigenvalue weighted by atomic mass is 35.5. The van der Waals surface area contributed by atoms with Crippen molar-refractivity contribution < 1.29 is 14.3 Å². The maximum Gasteiger partial charge on any atom is 0.256 e. The Hall–Kier alpha value is -2.41. The average Bonchev–Trinajstić information content (AvgIpc) is 3.30.